The van der Waals surface area contributed by atoms with Crippen LogP contribution in [-0.2, 0) is 0 Å². The van der Waals surface area contributed by atoms with Crippen LogP contribution in [-0.4, -0.2) is 4.98 Å². The number of rotatable bonds is 1. The van der Waals surface area contributed by atoms with Crippen LogP contribution in [0.15, 0.2) is 30.3 Å². The fraction of sp³-hybridized carbons (Fsp3) is 0.0909. The normalized spacial score (nSPS) is 10.5. The summed E-state index contributed by atoms with van der Waals surface area (Å²) in [5.74, 6) is 0. The number of benzene rings is 1. The number of para-hydroxylation sites is 1. The molecular weight excluding hydrogens is 198 g/mol. The maximum Gasteiger partial charge on any atom is 0.266 e. The van der Waals surface area contributed by atoms with E-state index in [1.54, 1.807) is 30.3 Å². The van der Waals surface area contributed by atoms with Crippen molar-refractivity contribution < 1.29 is 8.78 Å². The Bertz CT molecular complexity index is 544. The molecule has 0 atom stereocenters. The summed E-state index contributed by atoms with van der Waals surface area (Å²) in [7, 11) is 0. The Kier molecular flexibility index (Phi) is 2.30. The number of pyridine rings is 1. The van der Waals surface area contributed by atoms with Crippen molar-refractivity contribution >= 4 is 10.9 Å². The lowest BCUT2D eigenvalue weighted by molar-refractivity contribution is 0.151. The molecule has 1 heterocycles. The highest BCUT2D eigenvalue weighted by atomic mass is 19.3. The standard InChI is InChI=1S/C11H6F2N2/c12-11(13)8-5-7-3-1-2-4-9(7)15-10(8)6-14/h1-5,11H. The molecule has 0 aliphatic carbocycles. The van der Waals surface area contributed by atoms with E-state index in [2.05, 4.69) is 4.98 Å². The van der Waals surface area contributed by atoms with Gasteiger partial charge in [-0.2, -0.15) is 5.26 Å². The Balaban J connectivity index is 2.76. The third kappa shape index (κ3) is 1.64. The molecule has 1 aromatic heterocycles. The zero-order chi connectivity index (χ0) is 10.8. The molecule has 1 aromatic carbocycles. The van der Waals surface area contributed by atoms with Crippen LogP contribution in [0.4, 0.5) is 8.78 Å². The summed E-state index contributed by atoms with van der Waals surface area (Å²) in [5.41, 5.74) is 0.0401. The number of hydrogen-bond acceptors (Lipinski definition) is 2. The first kappa shape index (κ1) is 9.53. The monoisotopic (exact) mass is 204 g/mol. The van der Waals surface area contributed by atoms with Crippen molar-refractivity contribution in [1.82, 2.24) is 4.98 Å². The third-order valence-corrected chi connectivity index (χ3v) is 2.09. The van der Waals surface area contributed by atoms with Crippen LogP contribution in [0.25, 0.3) is 10.9 Å². The van der Waals surface area contributed by atoms with Gasteiger partial charge < -0.3 is 0 Å². The average Bonchev–Trinajstić information content (AvgIpc) is 2.27. The van der Waals surface area contributed by atoms with Gasteiger partial charge in [-0.3, -0.25) is 0 Å². The van der Waals surface area contributed by atoms with Crippen molar-refractivity contribution in [3.63, 3.8) is 0 Å². The summed E-state index contributed by atoms with van der Waals surface area (Å²) in [6, 6.07) is 9.85. The minimum atomic E-state index is -2.67. The van der Waals surface area contributed by atoms with E-state index in [0.717, 1.165) is 0 Å². The van der Waals surface area contributed by atoms with E-state index in [9.17, 15) is 8.78 Å². The SMILES string of the molecule is N#Cc1nc2ccccc2cc1C(F)F. The van der Waals surface area contributed by atoms with Crippen molar-refractivity contribution in [2.24, 2.45) is 0 Å². The van der Waals surface area contributed by atoms with E-state index < -0.39 is 6.43 Å². The van der Waals surface area contributed by atoms with Crippen LogP contribution in [0.2, 0.25) is 0 Å². The predicted octanol–water partition coefficient (Wildman–Crippen LogP) is 3.04. The van der Waals surface area contributed by atoms with Crippen molar-refractivity contribution in [2.75, 3.05) is 0 Å². The quantitative estimate of drug-likeness (QED) is 0.715. The van der Waals surface area contributed by atoms with Crippen molar-refractivity contribution in [3.8, 4) is 6.07 Å². The highest BCUT2D eigenvalue weighted by Gasteiger charge is 2.14. The highest BCUT2D eigenvalue weighted by molar-refractivity contribution is 5.80. The number of nitrogens with zero attached hydrogens (tertiary/aromatic N) is 2. The van der Waals surface area contributed by atoms with Gasteiger partial charge in [-0.15, -0.1) is 0 Å². The van der Waals surface area contributed by atoms with E-state index in [1.807, 2.05) is 0 Å². The number of alkyl halides is 2. The van der Waals surface area contributed by atoms with Gasteiger partial charge in [-0.05, 0) is 12.1 Å². The van der Waals surface area contributed by atoms with Crippen LogP contribution in [0.1, 0.15) is 17.7 Å². The average molecular weight is 204 g/mol. The Hall–Kier alpha value is -2.02. The topological polar surface area (TPSA) is 36.7 Å². The molecule has 0 fully saturated rings. The molecule has 0 spiro atoms. The van der Waals surface area contributed by atoms with Gasteiger partial charge in [0, 0.05) is 5.39 Å². The molecule has 0 bridgehead atoms. The van der Waals surface area contributed by atoms with Gasteiger partial charge in [0.15, 0.2) is 0 Å². The van der Waals surface area contributed by atoms with E-state index in [-0.39, 0.29) is 11.3 Å². The van der Waals surface area contributed by atoms with Gasteiger partial charge >= 0.3 is 0 Å². The Morgan fingerprint density at radius 2 is 2.00 bits per heavy atom. The maximum absolute atomic E-state index is 12.6. The first-order valence-corrected chi connectivity index (χ1v) is 4.30. The zero-order valence-corrected chi connectivity index (χ0v) is 7.61. The molecule has 0 radical (unpaired) electrons. The second kappa shape index (κ2) is 3.62. The van der Waals surface area contributed by atoms with Crippen molar-refractivity contribution in [2.45, 2.75) is 6.43 Å². The van der Waals surface area contributed by atoms with Crippen LogP contribution in [0.3, 0.4) is 0 Å². The van der Waals surface area contributed by atoms with E-state index in [0.29, 0.717) is 10.9 Å². The summed E-state index contributed by atoms with van der Waals surface area (Å²) in [4.78, 5) is 3.87. The third-order valence-electron chi connectivity index (χ3n) is 2.09. The number of aromatic nitrogens is 1. The fourth-order valence-corrected chi connectivity index (χ4v) is 1.39. The lowest BCUT2D eigenvalue weighted by Crippen LogP contribution is -1.94. The molecule has 0 unspecified atom stereocenters. The predicted molar refractivity (Wildman–Crippen MR) is 51.4 cm³/mol. The molecule has 15 heavy (non-hydrogen) atoms. The van der Waals surface area contributed by atoms with Crippen molar-refractivity contribution in [3.05, 3.63) is 41.6 Å². The zero-order valence-electron chi connectivity index (χ0n) is 7.61. The molecule has 0 aliphatic rings. The molecule has 0 saturated heterocycles. The van der Waals surface area contributed by atoms with Crippen molar-refractivity contribution in [1.29, 1.82) is 5.26 Å². The molecule has 2 aromatic rings. The summed E-state index contributed by atoms with van der Waals surface area (Å²) in [6.07, 6.45) is -2.67. The summed E-state index contributed by atoms with van der Waals surface area (Å²) < 4.78 is 25.1. The minimum absolute atomic E-state index is 0.205. The van der Waals surface area contributed by atoms with Gasteiger partial charge in [0.25, 0.3) is 6.43 Å². The van der Waals surface area contributed by atoms with Gasteiger partial charge in [-0.25, -0.2) is 13.8 Å². The van der Waals surface area contributed by atoms with Gasteiger partial charge in [0.05, 0.1) is 11.1 Å². The molecule has 0 aliphatic heterocycles. The van der Waals surface area contributed by atoms with E-state index >= 15 is 0 Å². The van der Waals surface area contributed by atoms with Gasteiger partial charge in [0.2, 0.25) is 0 Å². The molecule has 2 rings (SSSR count). The lowest BCUT2D eigenvalue weighted by atomic mass is 10.1. The Morgan fingerprint density at radius 1 is 1.27 bits per heavy atom. The molecule has 4 heteroatoms. The second-order valence-corrected chi connectivity index (χ2v) is 3.03. The molecule has 0 saturated carbocycles. The van der Waals surface area contributed by atoms with Crippen LogP contribution in [0.5, 0.6) is 0 Å². The first-order valence-electron chi connectivity index (χ1n) is 4.30. The Labute approximate surface area is 84.8 Å². The summed E-state index contributed by atoms with van der Waals surface area (Å²) in [6.45, 7) is 0. The van der Waals surface area contributed by atoms with Crippen LogP contribution < -0.4 is 0 Å². The lowest BCUT2D eigenvalue weighted by Gasteiger charge is -2.03. The smallest absolute Gasteiger partial charge is 0.237 e. The second-order valence-electron chi connectivity index (χ2n) is 3.03. The number of fused-ring (bicyclic) bond motifs is 1. The Morgan fingerprint density at radius 3 is 2.67 bits per heavy atom. The maximum atomic E-state index is 12.6. The highest BCUT2D eigenvalue weighted by Crippen LogP contribution is 2.25. The van der Waals surface area contributed by atoms with Crippen LogP contribution >= 0.6 is 0 Å². The number of nitriles is 1. The summed E-state index contributed by atoms with van der Waals surface area (Å²) in [5, 5.41) is 9.30. The molecule has 2 nitrogen and oxygen atoms in total. The fourth-order valence-electron chi connectivity index (χ4n) is 1.39. The largest absolute Gasteiger partial charge is 0.266 e. The first-order chi connectivity index (χ1) is 7.22. The number of halogens is 2. The molecule has 0 N–H and O–H groups in total. The van der Waals surface area contributed by atoms with Gasteiger partial charge in [-0.1, -0.05) is 18.2 Å². The van der Waals surface area contributed by atoms with E-state index in [1.165, 1.54) is 6.07 Å². The summed E-state index contributed by atoms with van der Waals surface area (Å²) >= 11 is 0. The number of hydrogen-bond donors (Lipinski definition) is 0. The van der Waals surface area contributed by atoms with E-state index in [4.69, 9.17) is 5.26 Å². The molecular formula is C11H6F2N2. The molecule has 0 amide bonds. The molecule has 74 valence electrons. The van der Waals surface area contributed by atoms with Crippen LogP contribution in [0, 0.1) is 11.3 Å². The minimum Gasteiger partial charge on any atom is -0.237 e. The van der Waals surface area contributed by atoms with Gasteiger partial charge in [0.1, 0.15) is 11.8 Å².